The van der Waals surface area contributed by atoms with Gasteiger partial charge in [0, 0.05) is 30.9 Å². The summed E-state index contributed by atoms with van der Waals surface area (Å²) < 4.78 is 31.7. The molecule has 3 aromatic carbocycles. The third-order valence-corrected chi connectivity index (χ3v) is 6.31. The van der Waals surface area contributed by atoms with E-state index < -0.39 is 12.1 Å². The fraction of sp³-hybridized carbons (Fsp3) is 0.333. The summed E-state index contributed by atoms with van der Waals surface area (Å²) in [5.74, 6) is -2.83. The molecule has 0 aromatic heterocycles. The average molecular weight is 542 g/mol. The second kappa shape index (κ2) is 14.5. The van der Waals surface area contributed by atoms with Crippen molar-refractivity contribution in [2.45, 2.75) is 32.5 Å². The van der Waals surface area contributed by atoms with Crippen LogP contribution in [0.25, 0.3) is 11.1 Å². The minimum Gasteiger partial charge on any atom is -0.475 e. The summed E-state index contributed by atoms with van der Waals surface area (Å²) in [5.41, 5.74) is 5.02. The number of hydrogen-bond donors (Lipinski definition) is 2. The van der Waals surface area contributed by atoms with Crippen molar-refractivity contribution >= 4 is 17.6 Å². The smallest absolute Gasteiger partial charge is 0.475 e. The highest BCUT2D eigenvalue weighted by Gasteiger charge is 2.38. The molecule has 0 radical (unpaired) electrons. The van der Waals surface area contributed by atoms with Crippen LogP contribution in [0.5, 0.6) is 0 Å². The van der Waals surface area contributed by atoms with Crippen molar-refractivity contribution < 1.29 is 27.9 Å². The van der Waals surface area contributed by atoms with Gasteiger partial charge in [0.15, 0.2) is 0 Å². The molecule has 3 aromatic rings. The fourth-order valence-corrected chi connectivity index (χ4v) is 4.38. The highest BCUT2D eigenvalue weighted by atomic mass is 19.4. The molecular formula is C30H34F3N3O3. The maximum Gasteiger partial charge on any atom is 0.490 e. The van der Waals surface area contributed by atoms with Gasteiger partial charge < -0.3 is 15.3 Å². The summed E-state index contributed by atoms with van der Waals surface area (Å²) in [6.45, 7) is 8.94. The number of carboxylic acid groups (broad SMARTS) is 1. The molecule has 0 bridgehead atoms. The summed E-state index contributed by atoms with van der Waals surface area (Å²) in [6, 6.07) is 26.2. The molecule has 1 heterocycles. The Morgan fingerprint density at radius 2 is 1.46 bits per heavy atom. The van der Waals surface area contributed by atoms with Crippen LogP contribution in [0.3, 0.4) is 0 Å². The quantitative estimate of drug-likeness (QED) is 0.375. The lowest BCUT2D eigenvalue weighted by Gasteiger charge is -2.21. The normalized spacial score (nSPS) is 14.6. The molecule has 0 spiro atoms. The van der Waals surface area contributed by atoms with Gasteiger partial charge in [0.1, 0.15) is 0 Å². The molecule has 1 fully saturated rings. The van der Waals surface area contributed by atoms with Crippen LogP contribution < -0.4 is 5.32 Å². The van der Waals surface area contributed by atoms with Crippen molar-refractivity contribution in [1.29, 1.82) is 0 Å². The number of carbonyl (C=O) groups is 2. The fourth-order valence-electron chi connectivity index (χ4n) is 4.38. The Kier molecular flexibility index (Phi) is 11.1. The number of anilines is 1. The summed E-state index contributed by atoms with van der Waals surface area (Å²) in [7, 11) is 0. The monoisotopic (exact) mass is 541 g/mol. The number of rotatable bonds is 7. The van der Waals surface area contributed by atoms with Crippen molar-refractivity contribution in [2.75, 3.05) is 38.0 Å². The molecule has 9 heteroatoms. The van der Waals surface area contributed by atoms with E-state index in [-0.39, 0.29) is 5.91 Å². The lowest BCUT2D eigenvalue weighted by Crippen LogP contribution is -2.31. The van der Waals surface area contributed by atoms with Crippen molar-refractivity contribution in [1.82, 2.24) is 9.80 Å². The molecule has 0 unspecified atom stereocenters. The largest absolute Gasteiger partial charge is 0.490 e. The Labute approximate surface area is 227 Å². The van der Waals surface area contributed by atoms with Gasteiger partial charge in [-0.1, -0.05) is 61.5 Å². The number of hydrogen-bond acceptors (Lipinski definition) is 4. The number of nitrogens with one attached hydrogen (secondary N) is 1. The summed E-state index contributed by atoms with van der Waals surface area (Å²) >= 11 is 0. The van der Waals surface area contributed by atoms with E-state index in [1.54, 1.807) is 0 Å². The number of carbonyl (C=O) groups excluding carboxylic acids is 1. The van der Waals surface area contributed by atoms with E-state index in [9.17, 15) is 18.0 Å². The molecule has 39 heavy (non-hydrogen) atoms. The zero-order valence-corrected chi connectivity index (χ0v) is 22.0. The van der Waals surface area contributed by atoms with Crippen molar-refractivity contribution in [3.8, 4) is 11.1 Å². The van der Waals surface area contributed by atoms with Crippen LogP contribution >= 0.6 is 0 Å². The highest BCUT2D eigenvalue weighted by molar-refractivity contribution is 6.04. The second-order valence-corrected chi connectivity index (χ2v) is 9.37. The van der Waals surface area contributed by atoms with E-state index in [1.165, 1.54) is 31.5 Å². The highest BCUT2D eigenvalue weighted by Crippen LogP contribution is 2.20. The Balaban J connectivity index is 0.000000532. The standard InChI is InChI=1S/C28H33N3O.C2HF3O2/c1-2-16-30-17-7-18-31(20-19-30)22-23-8-6-11-27(21-23)29-28(32)26-14-12-25(13-15-26)24-9-4-3-5-10-24;3-2(4,5)1(6)7/h3-6,8-15,21H,2,7,16-20,22H2,1H3,(H,29,32);(H,6,7). The van der Waals surface area contributed by atoms with Gasteiger partial charge in [-0.05, 0) is 73.4 Å². The lowest BCUT2D eigenvalue weighted by molar-refractivity contribution is -0.192. The van der Waals surface area contributed by atoms with Crippen LogP contribution in [0.15, 0.2) is 78.9 Å². The number of nitrogens with zero attached hydrogens (tertiary/aromatic N) is 2. The number of carboxylic acids is 1. The number of amides is 1. The molecule has 1 aliphatic heterocycles. The second-order valence-electron chi connectivity index (χ2n) is 9.37. The van der Waals surface area contributed by atoms with E-state index in [4.69, 9.17) is 9.90 Å². The van der Waals surface area contributed by atoms with Gasteiger partial charge in [0.05, 0.1) is 0 Å². The number of alkyl halides is 3. The molecule has 6 nitrogen and oxygen atoms in total. The van der Waals surface area contributed by atoms with E-state index in [0.29, 0.717) is 5.56 Å². The number of halogens is 3. The molecule has 208 valence electrons. The predicted molar refractivity (Wildman–Crippen MR) is 147 cm³/mol. The maximum atomic E-state index is 12.8. The zero-order chi connectivity index (χ0) is 28.3. The van der Waals surface area contributed by atoms with Crippen LogP contribution in [0.2, 0.25) is 0 Å². The molecular weight excluding hydrogens is 507 g/mol. The van der Waals surface area contributed by atoms with Gasteiger partial charge in [0.2, 0.25) is 0 Å². The van der Waals surface area contributed by atoms with Crippen LogP contribution in [0.4, 0.5) is 18.9 Å². The number of benzene rings is 3. The van der Waals surface area contributed by atoms with Gasteiger partial charge in [0.25, 0.3) is 5.91 Å². The predicted octanol–water partition coefficient (Wildman–Crippen LogP) is 6.16. The molecule has 1 aliphatic rings. The third kappa shape index (κ3) is 9.85. The Morgan fingerprint density at radius 3 is 2.10 bits per heavy atom. The topological polar surface area (TPSA) is 72.9 Å². The molecule has 1 saturated heterocycles. The van der Waals surface area contributed by atoms with Gasteiger partial charge in [-0.25, -0.2) is 4.79 Å². The first kappa shape index (κ1) is 29.9. The van der Waals surface area contributed by atoms with Crippen LogP contribution in [-0.2, 0) is 11.3 Å². The van der Waals surface area contributed by atoms with E-state index in [1.807, 2.05) is 54.6 Å². The molecule has 1 amide bonds. The summed E-state index contributed by atoms with van der Waals surface area (Å²) in [4.78, 5) is 26.8. The van der Waals surface area contributed by atoms with E-state index in [0.717, 1.165) is 43.0 Å². The van der Waals surface area contributed by atoms with Crippen LogP contribution in [-0.4, -0.2) is 65.7 Å². The zero-order valence-electron chi connectivity index (χ0n) is 22.0. The Bertz CT molecular complexity index is 1200. The first-order valence-electron chi connectivity index (χ1n) is 13.0. The van der Waals surface area contributed by atoms with Gasteiger partial charge in [-0.3, -0.25) is 9.69 Å². The first-order valence-corrected chi connectivity index (χ1v) is 13.0. The Hall–Kier alpha value is -3.69. The molecule has 0 saturated carbocycles. The Morgan fingerprint density at radius 1 is 0.846 bits per heavy atom. The average Bonchev–Trinajstić information content (AvgIpc) is 3.14. The number of aliphatic carboxylic acids is 1. The van der Waals surface area contributed by atoms with Gasteiger partial charge >= 0.3 is 12.1 Å². The molecule has 4 rings (SSSR count). The van der Waals surface area contributed by atoms with Gasteiger partial charge in [-0.15, -0.1) is 0 Å². The summed E-state index contributed by atoms with van der Waals surface area (Å²) in [6.07, 6.45) is -2.65. The van der Waals surface area contributed by atoms with E-state index >= 15 is 0 Å². The van der Waals surface area contributed by atoms with E-state index in [2.05, 4.69) is 46.3 Å². The first-order chi connectivity index (χ1) is 18.7. The molecule has 0 atom stereocenters. The SMILES string of the molecule is CCCN1CCCN(Cc2cccc(NC(=O)c3ccc(-c4ccccc4)cc3)c2)CC1.O=C(O)C(F)(F)F. The lowest BCUT2D eigenvalue weighted by atomic mass is 10.0. The molecule has 2 N–H and O–H groups in total. The van der Waals surface area contributed by atoms with Crippen LogP contribution in [0.1, 0.15) is 35.7 Å². The molecule has 0 aliphatic carbocycles. The van der Waals surface area contributed by atoms with Crippen molar-refractivity contribution in [3.63, 3.8) is 0 Å². The maximum absolute atomic E-state index is 12.8. The summed E-state index contributed by atoms with van der Waals surface area (Å²) in [5, 5.41) is 10.2. The van der Waals surface area contributed by atoms with Gasteiger partial charge in [-0.2, -0.15) is 13.2 Å². The minimum atomic E-state index is -5.08. The third-order valence-electron chi connectivity index (χ3n) is 6.31. The van der Waals surface area contributed by atoms with Crippen LogP contribution in [0, 0.1) is 0 Å². The van der Waals surface area contributed by atoms with Crippen molar-refractivity contribution in [3.05, 3.63) is 90.0 Å². The minimum absolute atomic E-state index is 0.0771. The van der Waals surface area contributed by atoms with Crippen molar-refractivity contribution in [2.24, 2.45) is 0 Å².